The van der Waals surface area contributed by atoms with Crippen LogP contribution in [0.15, 0.2) is 12.7 Å². The van der Waals surface area contributed by atoms with Crippen LogP contribution in [0.5, 0.6) is 0 Å². The zero-order valence-corrected chi connectivity index (χ0v) is 17.8. The van der Waals surface area contributed by atoms with Crippen molar-refractivity contribution in [2.75, 3.05) is 18.0 Å². The minimum Gasteiger partial charge on any atom is -0.355 e. The lowest BCUT2D eigenvalue weighted by Crippen LogP contribution is -2.44. The third-order valence-corrected chi connectivity index (χ3v) is 5.15. The van der Waals surface area contributed by atoms with Gasteiger partial charge in [-0.2, -0.15) is 0 Å². The van der Waals surface area contributed by atoms with Crippen LogP contribution in [0.3, 0.4) is 0 Å². The molecular formula is C17H23Cl3N6O. The maximum absolute atomic E-state index is 12.5. The van der Waals surface area contributed by atoms with Gasteiger partial charge in [0.1, 0.15) is 6.33 Å². The monoisotopic (exact) mass is 432 g/mol. The number of imidazole rings is 1. The maximum atomic E-state index is 12.5. The highest BCUT2D eigenvalue weighted by atomic mass is 35.6. The standard InChI is InChI=1S/C17H23Cl3N6O/c1-16(2,3)15(27)24-14(17(18,19)20)26-10-23-11-12(21-9-22-13(11)26)25-7-5-4-6-8-25/h9-10,14H,4-8H2,1-3H3,(H,24,27)/t14-/m0/s1. The number of piperidine rings is 1. The molecular weight excluding hydrogens is 411 g/mol. The molecule has 27 heavy (non-hydrogen) atoms. The molecule has 1 atom stereocenters. The highest BCUT2D eigenvalue weighted by Gasteiger charge is 2.39. The molecule has 7 nitrogen and oxygen atoms in total. The molecule has 2 aromatic rings. The predicted molar refractivity (Wildman–Crippen MR) is 108 cm³/mol. The van der Waals surface area contributed by atoms with Crippen LogP contribution in [0.1, 0.15) is 46.2 Å². The fraction of sp³-hybridized carbons (Fsp3) is 0.647. The van der Waals surface area contributed by atoms with Gasteiger partial charge >= 0.3 is 0 Å². The molecule has 3 heterocycles. The molecule has 10 heteroatoms. The van der Waals surface area contributed by atoms with Crippen LogP contribution in [0.2, 0.25) is 0 Å². The van der Waals surface area contributed by atoms with E-state index in [1.54, 1.807) is 25.3 Å². The van der Waals surface area contributed by atoms with E-state index in [1.807, 2.05) is 0 Å². The molecule has 1 N–H and O–H groups in total. The minimum atomic E-state index is -1.79. The Kier molecular flexibility index (Phi) is 5.75. The van der Waals surface area contributed by atoms with Crippen molar-refractivity contribution in [2.45, 2.75) is 50.0 Å². The molecule has 0 bridgehead atoms. The van der Waals surface area contributed by atoms with Crippen LogP contribution < -0.4 is 10.2 Å². The topological polar surface area (TPSA) is 75.9 Å². The Morgan fingerprint density at radius 1 is 1.11 bits per heavy atom. The van der Waals surface area contributed by atoms with Gasteiger partial charge in [0.2, 0.25) is 9.70 Å². The first-order valence-corrected chi connectivity index (χ1v) is 10.0. The van der Waals surface area contributed by atoms with E-state index in [2.05, 4.69) is 25.2 Å². The van der Waals surface area contributed by atoms with E-state index < -0.39 is 15.4 Å². The number of alkyl halides is 3. The molecule has 0 spiro atoms. The molecule has 3 rings (SSSR count). The zero-order chi connectivity index (χ0) is 19.8. The second kappa shape index (κ2) is 7.60. The van der Waals surface area contributed by atoms with Gasteiger partial charge in [-0.3, -0.25) is 9.36 Å². The second-order valence-corrected chi connectivity index (χ2v) is 10.1. The van der Waals surface area contributed by atoms with Crippen molar-refractivity contribution >= 4 is 57.7 Å². The summed E-state index contributed by atoms with van der Waals surface area (Å²) in [6, 6.07) is 0. The third-order valence-electron chi connectivity index (χ3n) is 4.53. The van der Waals surface area contributed by atoms with E-state index in [4.69, 9.17) is 34.8 Å². The van der Waals surface area contributed by atoms with Crippen molar-refractivity contribution in [2.24, 2.45) is 5.41 Å². The quantitative estimate of drug-likeness (QED) is 0.744. The molecule has 0 aromatic carbocycles. The highest BCUT2D eigenvalue weighted by Crippen LogP contribution is 2.39. The molecule has 0 aliphatic carbocycles. The van der Waals surface area contributed by atoms with Crippen molar-refractivity contribution in [1.29, 1.82) is 0 Å². The summed E-state index contributed by atoms with van der Waals surface area (Å²) in [6.45, 7) is 7.22. The summed E-state index contributed by atoms with van der Waals surface area (Å²) in [5.74, 6) is 0.523. The van der Waals surface area contributed by atoms with E-state index in [1.165, 1.54) is 19.1 Å². The fourth-order valence-electron chi connectivity index (χ4n) is 3.02. The van der Waals surface area contributed by atoms with Crippen LogP contribution in [-0.4, -0.2) is 42.3 Å². The molecule has 2 aromatic heterocycles. The van der Waals surface area contributed by atoms with E-state index >= 15 is 0 Å². The molecule has 0 radical (unpaired) electrons. The van der Waals surface area contributed by atoms with Crippen molar-refractivity contribution in [3.63, 3.8) is 0 Å². The van der Waals surface area contributed by atoms with Crippen molar-refractivity contribution in [1.82, 2.24) is 24.8 Å². The van der Waals surface area contributed by atoms with E-state index in [9.17, 15) is 4.79 Å². The Morgan fingerprint density at radius 2 is 1.78 bits per heavy atom. The molecule has 1 amide bonds. The number of nitrogens with one attached hydrogen (secondary N) is 1. The molecule has 0 saturated carbocycles. The number of halogens is 3. The molecule has 1 saturated heterocycles. The number of hydrogen-bond donors (Lipinski definition) is 1. The lowest BCUT2D eigenvalue weighted by atomic mass is 9.95. The third kappa shape index (κ3) is 4.41. The van der Waals surface area contributed by atoms with Crippen LogP contribution in [-0.2, 0) is 4.79 Å². The van der Waals surface area contributed by atoms with Gasteiger partial charge in [0.25, 0.3) is 0 Å². The Balaban J connectivity index is 2.02. The van der Waals surface area contributed by atoms with Gasteiger partial charge in [-0.15, -0.1) is 0 Å². The lowest BCUT2D eigenvalue weighted by Gasteiger charge is -2.30. The summed E-state index contributed by atoms with van der Waals surface area (Å²) in [6.07, 6.45) is 5.50. The molecule has 0 unspecified atom stereocenters. The second-order valence-electron chi connectivity index (χ2n) is 7.74. The maximum Gasteiger partial charge on any atom is 0.229 e. The summed E-state index contributed by atoms with van der Waals surface area (Å²) in [5, 5.41) is 2.80. The molecule has 148 valence electrons. The largest absolute Gasteiger partial charge is 0.355 e. The number of aromatic nitrogens is 4. The average molecular weight is 434 g/mol. The number of carbonyl (C=O) groups is 1. The fourth-order valence-corrected chi connectivity index (χ4v) is 3.49. The van der Waals surface area contributed by atoms with Crippen molar-refractivity contribution in [3.8, 4) is 0 Å². The molecule has 1 fully saturated rings. The Morgan fingerprint density at radius 3 is 2.37 bits per heavy atom. The summed E-state index contributed by atoms with van der Waals surface area (Å²) in [5.41, 5.74) is 0.498. The molecule has 1 aliphatic rings. The van der Waals surface area contributed by atoms with Gasteiger partial charge < -0.3 is 10.2 Å². The lowest BCUT2D eigenvalue weighted by molar-refractivity contribution is -0.129. The first-order chi connectivity index (χ1) is 12.6. The van der Waals surface area contributed by atoms with Gasteiger partial charge in [-0.1, -0.05) is 55.6 Å². The first kappa shape index (κ1) is 20.4. The SMILES string of the molecule is CC(C)(C)C(=O)N[C@@H](n1cnc2c(N3CCCCC3)ncnc21)C(Cl)(Cl)Cl. The summed E-state index contributed by atoms with van der Waals surface area (Å²) in [7, 11) is 0. The van der Waals surface area contributed by atoms with Gasteiger partial charge in [0, 0.05) is 18.5 Å². The number of amides is 1. The first-order valence-electron chi connectivity index (χ1n) is 8.89. The average Bonchev–Trinajstić information content (AvgIpc) is 3.02. The van der Waals surface area contributed by atoms with E-state index in [-0.39, 0.29) is 5.91 Å². The van der Waals surface area contributed by atoms with Crippen LogP contribution in [0, 0.1) is 5.41 Å². The summed E-state index contributed by atoms with van der Waals surface area (Å²) < 4.78 is -0.203. The van der Waals surface area contributed by atoms with Gasteiger partial charge in [0.05, 0.1) is 6.33 Å². The molecule has 1 aliphatic heterocycles. The Labute approximate surface area is 173 Å². The van der Waals surface area contributed by atoms with Gasteiger partial charge in [-0.25, -0.2) is 15.0 Å². The number of fused-ring (bicyclic) bond motifs is 1. The minimum absolute atomic E-state index is 0.244. The predicted octanol–water partition coefficient (Wildman–Crippen LogP) is 3.85. The summed E-state index contributed by atoms with van der Waals surface area (Å²) >= 11 is 18.6. The number of carbonyl (C=O) groups excluding carboxylic acids is 1. The van der Waals surface area contributed by atoms with Crippen LogP contribution >= 0.6 is 34.8 Å². The number of nitrogens with zero attached hydrogens (tertiary/aromatic N) is 5. The smallest absolute Gasteiger partial charge is 0.229 e. The summed E-state index contributed by atoms with van der Waals surface area (Å²) in [4.78, 5) is 27.9. The number of anilines is 1. The van der Waals surface area contributed by atoms with Gasteiger partial charge in [-0.05, 0) is 19.3 Å². The van der Waals surface area contributed by atoms with Crippen LogP contribution in [0.25, 0.3) is 11.2 Å². The normalized spacial score (nSPS) is 17.2. The Hall–Kier alpha value is -1.31. The van der Waals surface area contributed by atoms with Crippen LogP contribution in [0.4, 0.5) is 5.82 Å². The Bertz CT molecular complexity index is 820. The van der Waals surface area contributed by atoms with Crippen molar-refractivity contribution in [3.05, 3.63) is 12.7 Å². The van der Waals surface area contributed by atoms with E-state index in [0.29, 0.717) is 11.2 Å². The highest BCUT2D eigenvalue weighted by molar-refractivity contribution is 6.68. The number of hydrogen-bond acceptors (Lipinski definition) is 5. The zero-order valence-electron chi connectivity index (χ0n) is 15.5. The number of rotatable bonds is 3. The van der Waals surface area contributed by atoms with Crippen molar-refractivity contribution < 1.29 is 4.79 Å². The van der Waals surface area contributed by atoms with Gasteiger partial charge in [0.15, 0.2) is 23.1 Å². The van der Waals surface area contributed by atoms with E-state index in [0.717, 1.165) is 31.7 Å².